The van der Waals surface area contributed by atoms with Crippen molar-refractivity contribution in [1.29, 1.82) is 0 Å². The number of piperidine rings is 3. The number of thiophene rings is 1. The van der Waals surface area contributed by atoms with Crippen LogP contribution in [0.1, 0.15) is 46.2 Å². The van der Waals surface area contributed by atoms with Gasteiger partial charge in [0, 0.05) is 25.2 Å². The number of ether oxygens (including phenoxy) is 1. The second-order valence-electron chi connectivity index (χ2n) is 9.81. The number of ketones is 1. The van der Waals surface area contributed by atoms with E-state index in [0.29, 0.717) is 41.0 Å². The van der Waals surface area contributed by atoms with Crippen LogP contribution in [-0.4, -0.2) is 41.5 Å². The summed E-state index contributed by atoms with van der Waals surface area (Å²) in [6.07, 6.45) is 2.09. The Bertz CT molecular complexity index is 1170. The molecule has 0 amide bonds. The normalized spacial score (nSPS) is 22.8. The van der Waals surface area contributed by atoms with Crippen LogP contribution in [0.5, 0.6) is 0 Å². The molecular weight excluding hydrogens is 520 g/mol. The van der Waals surface area contributed by atoms with Crippen molar-refractivity contribution in [1.82, 2.24) is 0 Å². The second-order valence-corrected chi connectivity index (χ2v) is 11.2. The molecule has 0 radical (unpaired) electrons. The van der Waals surface area contributed by atoms with Crippen molar-refractivity contribution in [3.8, 4) is 0 Å². The maximum Gasteiger partial charge on any atom is 0.226 e. The smallest absolute Gasteiger partial charge is 0.226 e. The lowest BCUT2D eigenvalue weighted by atomic mass is 9.75. The molecule has 0 saturated carbocycles. The van der Waals surface area contributed by atoms with Crippen LogP contribution in [0.3, 0.4) is 0 Å². The standard InChI is InChI=1S/C28H28F2NO2S2.ClH/c29-23-6-1-4-20(14-23)28(21-5-2-7-24(30)15-21)33-27(34)16-22-17-31(11-9-19(22)10-12-31)18-25(32)26-8-3-13-35-26;/h1-8,13-15,19,22,28H,9-12,16-18H2;1H/q+1;/p-1/t19?,22-,31?;/m0./s1. The SMILES string of the molecule is O=C(C[N+]12CCC(CC1)[C@@H](CC(=S)OC(c1cccc(F)c1)c1cccc(F)c1)C2)c1cccs1.[Cl-]. The molecular formula is C28H28ClF2NO2S2. The molecule has 3 aliphatic heterocycles. The van der Waals surface area contributed by atoms with Gasteiger partial charge in [0.1, 0.15) is 24.3 Å². The van der Waals surface area contributed by atoms with Crippen molar-refractivity contribution >= 4 is 34.4 Å². The third-order valence-corrected chi connectivity index (χ3v) is 8.67. The summed E-state index contributed by atoms with van der Waals surface area (Å²) in [5.74, 6) is 0.363. The van der Waals surface area contributed by atoms with E-state index in [4.69, 9.17) is 17.0 Å². The minimum Gasteiger partial charge on any atom is -1.00 e. The zero-order valence-corrected chi connectivity index (χ0v) is 22.1. The van der Waals surface area contributed by atoms with Gasteiger partial charge < -0.3 is 21.6 Å². The summed E-state index contributed by atoms with van der Waals surface area (Å²) in [4.78, 5) is 13.7. The van der Waals surface area contributed by atoms with Crippen LogP contribution in [0.15, 0.2) is 66.0 Å². The Labute approximate surface area is 226 Å². The lowest BCUT2D eigenvalue weighted by Crippen LogP contribution is -3.00. The lowest BCUT2D eigenvalue weighted by molar-refractivity contribution is -0.939. The van der Waals surface area contributed by atoms with Gasteiger partial charge in [-0.3, -0.25) is 4.79 Å². The molecule has 6 rings (SSSR count). The first-order chi connectivity index (χ1) is 16.9. The molecule has 0 aliphatic carbocycles. The zero-order valence-electron chi connectivity index (χ0n) is 19.7. The van der Waals surface area contributed by atoms with E-state index >= 15 is 0 Å². The number of quaternary nitrogens is 1. The van der Waals surface area contributed by atoms with Crippen molar-refractivity contribution < 1.29 is 35.2 Å². The number of Topliss-reactive ketones (excluding diaryl/α,β-unsaturated/α-hetero) is 1. The number of hydrogen-bond donors (Lipinski definition) is 0. The molecule has 3 saturated heterocycles. The number of carbonyl (C=O) groups excluding carboxylic acids is 1. The molecule has 4 heterocycles. The monoisotopic (exact) mass is 547 g/mol. The number of carbonyl (C=O) groups is 1. The summed E-state index contributed by atoms with van der Waals surface area (Å²) in [5.41, 5.74) is 1.19. The van der Waals surface area contributed by atoms with Crippen LogP contribution < -0.4 is 12.4 Å². The first-order valence-electron chi connectivity index (χ1n) is 12.0. The van der Waals surface area contributed by atoms with Gasteiger partial charge in [0.25, 0.3) is 0 Å². The lowest BCUT2D eigenvalue weighted by Gasteiger charge is -2.52. The molecule has 0 spiro atoms. The van der Waals surface area contributed by atoms with E-state index in [1.807, 2.05) is 17.5 Å². The van der Waals surface area contributed by atoms with Gasteiger partial charge in [-0.1, -0.05) is 30.3 Å². The fraction of sp³-hybridized carbons (Fsp3) is 0.357. The van der Waals surface area contributed by atoms with Gasteiger partial charge >= 0.3 is 0 Å². The van der Waals surface area contributed by atoms with E-state index in [0.717, 1.165) is 41.8 Å². The number of halogens is 3. The Morgan fingerprint density at radius 1 is 1.03 bits per heavy atom. The molecule has 2 aromatic carbocycles. The number of benzene rings is 2. The van der Waals surface area contributed by atoms with Gasteiger partial charge in [-0.2, -0.15) is 0 Å². The number of rotatable bonds is 8. The van der Waals surface area contributed by atoms with Crippen LogP contribution in [-0.2, 0) is 4.74 Å². The van der Waals surface area contributed by atoms with Crippen LogP contribution >= 0.6 is 23.6 Å². The average Bonchev–Trinajstić information content (AvgIpc) is 3.38. The Balaban J connectivity index is 0.00000304. The molecule has 8 heteroatoms. The maximum atomic E-state index is 14.0. The molecule has 0 N–H and O–H groups in total. The predicted molar refractivity (Wildman–Crippen MR) is 138 cm³/mol. The quantitative estimate of drug-likeness (QED) is 0.245. The molecule has 3 nitrogen and oxygen atoms in total. The third-order valence-electron chi connectivity index (χ3n) is 7.49. The topological polar surface area (TPSA) is 26.3 Å². The minimum absolute atomic E-state index is 0. The van der Waals surface area contributed by atoms with Crippen molar-refractivity contribution in [2.24, 2.45) is 11.8 Å². The summed E-state index contributed by atoms with van der Waals surface area (Å²) < 4.78 is 35.0. The number of nitrogens with zero attached hydrogens (tertiary/aromatic N) is 1. The highest BCUT2D eigenvalue weighted by atomic mass is 35.5. The van der Waals surface area contributed by atoms with Gasteiger partial charge in [-0.05, 0) is 65.0 Å². The molecule has 190 valence electrons. The highest BCUT2D eigenvalue weighted by molar-refractivity contribution is 7.80. The van der Waals surface area contributed by atoms with Crippen LogP contribution in [0.2, 0.25) is 0 Å². The molecule has 2 bridgehead atoms. The van der Waals surface area contributed by atoms with Gasteiger partial charge in [-0.25, -0.2) is 8.78 Å². The number of thiocarbonyl (C=S) groups is 1. The van der Waals surface area contributed by atoms with E-state index in [9.17, 15) is 13.6 Å². The van der Waals surface area contributed by atoms with E-state index in [1.165, 1.54) is 35.6 Å². The summed E-state index contributed by atoms with van der Waals surface area (Å²) >= 11 is 7.20. The van der Waals surface area contributed by atoms with Crippen LogP contribution in [0.25, 0.3) is 0 Å². The molecule has 1 atom stereocenters. The van der Waals surface area contributed by atoms with E-state index < -0.39 is 6.10 Å². The van der Waals surface area contributed by atoms with Crippen molar-refractivity contribution in [3.63, 3.8) is 0 Å². The third kappa shape index (κ3) is 6.02. The summed E-state index contributed by atoms with van der Waals surface area (Å²) in [5, 5.41) is 2.40. The molecule has 3 aromatic rings. The van der Waals surface area contributed by atoms with Gasteiger partial charge in [0.2, 0.25) is 5.78 Å². The Morgan fingerprint density at radius 3 is 2.22 bits per heavy atom. The van der Waals surface area contributed by atoms with Gasteiger partial charge in [0.15, 0.2) is 5.05 Å². The van der Waals surface area contributed by atoms with E-state index in [2.05, 4.69) is 0 Å². The summed E-state index contributed by atoms with van der Waals surface area (Å²) in [7, 11) is 0. The highest BCUT2D eigenvalue weighted by Crippen LogP contribution is 2.40. The highest BCUT2D eigenvalue weighted by Gasteiger charge is 2.47. The molecule has 36 heavy (non-hydrogen) atoms. The first-order valence-corrected chi connectivity index (χ1v) is 13.3. The van der Waals surface area contributed by atoms with Crippen LogP contribution in [0.4, 0.5) is 8.78 Å². The van der Waals surface area contributed by atoms with E-state index in [1.54, 1.807) is 24.3 Å². The Kier molecular flexibility index (Phi) is 8.56. The van der Waals surface area contributed by atoms with E-state index in [-0.39, 0.29) is 29.8 Å². The fourth-order valence-corrected chi connectivity index (χ4v) is 6.74. The second kappa shape index (κ2) is 11.5. The minimum atomic E-state index is -0.682. The molecule has 3 aliphatic rings. The van der Waals surface area contributed by atoms with Crippen molar-refractivity contribution in [2.75, 3.05) is 26.2 Å². The molecule has 3 fully saturated rings. The summed E-state index contributed by atoms with van der Waals surface area (Å²) in [6, 6.07) is 16.2. The average molecular weight is 548 g/mol. The molecule has 0 unspecified atom stereocenters. The van der Waals surface area contributed by atoms with Gasteiger partial charge in [-0.15, -0.1) is 11.3 Å². The fourth-order valence-electron chi connectivity index (χ4n) is 5.77. The zero-order chi connectivity index (χ0) is 24.4. The van der Waals surface area contributed by atoms with Crippen molar-refractivity contribution in [3.05, 3.63) is 93.7 Å². The predicted octanol–water partition coefficient (Wildman–Crippen LogP) is 3.59. The summed E-state index contributed by atoms with van der Waals surface area (Å²) in [6.45, 7) is 3.50. The Morgan fingerprint density at radius 2 is 1.67 bits per heavy atom. The number of hydrogen-bond acceptors (Lipinski definition) is 4. The largest absolute Gasteiger partial charge is 1.00 e. The van der Waals surface area contributed by atoms with Crippen LogP contribution in [0, 0.1) is 23.5 Å². The first kappa shape index (κ1) is 26.9. The Hall–Kier alpha value is -2.19. The van der Waals surface area contributed by atoms with Crippen molar-refractivity contribution in [2.45, 2.75) is 25.4 Å². The number of fused-ring (bicyclic) bond motifs is 3. The van der Waals surface area contributed by atoms with Gasteiger partial charge in [0.05, 0.1) is 24.5 Å². The molecule has 1 aromatic heterocycles. The maximum absolute atomic E-state index is 14.0.